The van der Waals surface area contributed by atoms with E-state index in [1.165, 1.54) is 4.90 Å². The number of amidine groups is 1. The maximum absolute atomic E-state index is 11.8. The highest BCUT2D eigenvalue weighted by molar-refractivity contribution is 5.86. The molecule has 0 bridgehead atoms. The zero-order chi connectivity index (χ0) is 12.3. The average molecular weight is 266 g/mol. The molecule has 17 heavy (non-hydrogen) atoms. The summed E-state index contributed by atoms with van der Waals surface area (Å²) in [5, 5.41) is 7.39. The first-order valence-electron chi connectivity index (χ1n) is 5.22. The van der Waals surface area contributed by atoms with Crippen molar-refractivity contribution < 1.29 is 14.3 Å². The number of nitrogens with zero attached hydrogens (tertiary/aromatic N) is 1. The highest BCUT2D eigenvalue weighted by Crippen LogP contribution is 2.14. The Kier molecular flexibility index (Phi) is 5.71. The van der Waals surface area contributed by atoms with Gasteiger partial charge in [0.15, 0.2) is 0 Å². The molecule has 0 aromatic carbocycles. The summed E-state index contributed by atoms with van der Waals surface area (Å²) in [5.74, 6) is -0.0782. The number of halogens is 1. The van der Waals surface area contributed by atoms with E-state index in [9.17, 15) is 4.79 Å². The first kappa shape index (κ1) is 16.0. The lowest BCUT2D eigenvalue weighted by Crippen LogP contribution is -2.55. The molecule has 100 valence electrons. The molecule has 1 aliphatic heterocycles. The van der Waals surface area contributed by atoms with Crippen molar-refractivity contribution in [3.63, 3.8) is 0 Å². The summed E-state index contributed by atoms with van der Waals surface area (Å²) in [7, 11) is 0. The van der Waals surface area contributed by atoms with Crippen LogP contribution >= 0.6 is 12.4 Å². The lowest BCUT2D eigenvalue weighted by atomic mass is 10.2. The fraction of sp³-hybridized carbons (Fsp3) is 0.800. The fourth-order valence-electron chi connectivity index (χ4n) is 1.40. The molecule has 3 N–H and O–H groups in total. The maximum atomic E-state index is 11.8. The molecule has 1 amide bonds. The molecule has 0 aliphatic carbocycles. The number of nitrogens with one attached hydrogen (secondary N) is 1. The van der Waals surface area contributed by atoms with E-state index < -0.39 is 17.7 Å². The number of nitrogens with two attached hydrogens (primary N) is 1. The number of ether oxygens (including phenoxy) is 2. The van der Waals surface area contributed by atoms with Gasteiger partial charge in [0.1, 0.15) is 17.5 Å². The van der Waals surface area contributed by atoms with Gasteiger partial charge in [0.2, 0.25) is 0 Å². The van der Waals surface area contributed by atoms with Gasteiger partial charge < -0.3 is 15.2 Å². The van der Waals surface area contributed by atoms with Crippen LogP contribution in [0.2, 0.25) is 0 Å². The summed E-state index contributed by atoms with van der Waals surface area (Å²) in [4.78, 5) is 13.3. The van der Waals surface area contributed by atoms with Crippen molar-refractivity contribution in [1.82, 2.24) is 4.90 Å². The Bertz CT molecular complexity index is 291. The molecule has 0 saturated carbocycles. The molecule has 1 unspecified atom stereocenters. The van der Waals surface area contributed by atoms with Crippen LogP contribution in [-0.4, -0.2) is 48.2 Å². The fourth-order valence-corrected chi connectivity index (χ4v) is 1.40. The summed E-state index contributed by atoms with van der Waals surface area (Å²) in [6.45, 7) is 6.51. The Morgan fingerprint density at radius 1 is 1.53 bits per heavy atom. The minimum Gasteiger partial charge on any atom is -0.444 e. The molecule has 1 atom stereocenters. The van der Waals surface area contributed by atoms with Crippen molar-refractivity contribution in [3.05, 3.63) is 0 Å². The summed E-state index contributed by atoms with van der Waals surface area (Å²) in [5.41, 5.74) is 4.87. The van der Waals surface area contributed by atoms with Gasteiger partial charge in [-0.25, -0.2) is 4.79 Å². The summed E-state index contributed by atoms with van der Waals surface area (Å²) in [6.07, 6.45) is -0.448. The molecule has 7 heteroatoms. The van der Waals surface area contributed by atoms with Gasteiger partial charge in [-0.05, 0) is 20.8 Å². The number of hydrogen-bond donors (Lipinski definition) is 2. The van der Waals surface area contributed by atoms with Gasteiger partial charge in [0, 0.05) is 6.54 Å². The smallest absolute Gasteiger partial charge is 0.411 e. The van der Waals surface area contributed by atoms with Gasteiger partial charge in [-0.2, -0.15) is 0 Å². The van der Waals surface area contributed by atoms with E-state index in [1.54, 1.807) is 20.8 Å². The van der Waals surface area contributed by atoms with E-state index in [-0.39, 0.29) is 24.8 Å². The van der Waals surface area contributed by atoms with Gasteiger partial charge >= 0.3 is 6.09 Å². The maximum Gasteiger partial charge on any atom is 0.411 e. The van der Waals surface area contributed by atoms with Gasteiger partial charge in [-0.15, -0.1) is 12.4 Å². The molecule has 1 rings (SSSR count). The Morgan fingerprint density at radius 3 is 2.59 bits per heavy atom. The van der Waals surface area contributed by atoms with Crippen LogP contribution < -0.4 is 5.73 Å². The molecule has 1 heterocycles. The van der Waals surface area contributed by atoms with E-state index in [4.69, 9.17) is 20.6 Å². The third kappa shape index (κ3) is 4.79. The molecule has 1 fully saturated rings. The molecular weight excluding hydrogens is 246 g/mol. The number of morpholine rings is 1. The molecule has 1 aliphatic rings. The third-order valence-electron chi connectivity index (χ3n) is 2.12. The van der Waals surface area contributed by atoms with Crippen molar-refractivity contribution in [2.45, 2.75) is 32.4 Å². The normalized spacial score (nSPS) is 20.4. The number of carbonyl (C=O) groups is 1. The summed E-state index contributed by atoms with van der Waals surface area (Å²) in [6, 6.07) is -0.511. The SMILES string of the molecule is CC(C)(C)OC(=O)N1CCOCC1C(=N)N.Cl. The van der Waals surface area contributed by atoms with E-state index in [2.05, 4.69) is 0 Å². The highest BCUT2D eigenvalue weighted by atomic mass is 35.5. The molecule has 1 saturated heterocycles. The van der Waals surface area contributed by atoms with Gasteiger partial charge in [-0.3, -0.25) is 10.3 Å². The van der Waals surface area contributed by atoms with Crippen LogP contribution in [0.15, 0.2) is 0 Å². The predicted molar refractivity (Wildman–Crippen MR) is 66.7 cm³/mol. The summed E-state index contributed by atoms with van der Waals surface area (Å²) < 4.78 is 10.4. The van der Waals surface area contributed by atoms with Crippen LogP contribution in [0.25, 0.3) is 0 Å². The number of amides is 1. The number of carbonyl (C=O) groups excluding carboxylic acids is 1. The Hall–Kier alpha value is -1.01. The van der Waals surface area contributed by atoms with Crippen molar-refractivity contribution in [3.8, 4) is 0 Å². The zero-order valence-electron chi connectivity index (χ0n) is 10.4. The second-order valence-corrected chi connectivity index (χ2v) is 4.72. The van der Waals surface area contributed by atoms with E-state index in [0.717, 1.165) is 0 Å². The van der Waals surface area contributed by atoms with Crippen molar-refractivity contribution in [2.75, 3.05) is 19.8 Å². The van der Waals surface area contributed by atoms with E-state index in [1.807, 2.05) is 0 Å². The van der Waals surface area contributed by atoms with Crippen molar-refractivity contribution in [1.29, 1.82) is 5.41 Å². The van der Waals surface area contributed by atoms with Crippen LogP contribution in [0.3, 0.4) is 0 Å². The highest BCUT2D eigenvalue weighted by Gasteiger charge is 2.32. The Labute approximate surface area is 107 Å². The van der Waals surface area contributed by atoms with Gasteiger partial charge in [-0.1, -0.05) is 0 Å². The molecule has 0 spiro atoms. The molecular formula is C10H20ClN3O3. The van der Waals surface area contributed by atoms with Crippen LogP contribution in [0, 0.1) is 5.41 Å². The van der Waals surface area contributed by atoms with Crippen LogP contribution in [0.4, 0.5) is 4.79 Å². The van der Waals surface area contributed by atoms with Crippen molar-refractivity contribution in [2.24, 2.45) is 5.73 Å². The van der Waals surface area contributed by atoms with Crippen molar-refractivity contribution >= 4 is 24.3 Å². The number of rotatable bonds is 1. The topological polar surface area (TPSA) is 88.6 Å². The second kappa shape index (κ2) is 6.07. The third-order valence-corrected chi connectivity index (χ3v) is 2.12. The quantitative estimate of drug-likeness (QED) is 0.546. The predicted octanol–water partition coefficient (Wildman–Crippen LogP) is 0.980. The lowest BCUT2D eigenvalue weighted by molar-refractivity contribution is -0.0182. The van der Waals surface area contributed by atoms with Gasteiger partial charge in [0.25, 0.3) is 0 Å². The van der Waals surface area contributed by atoms with Gasteiger partial charge in [0.05, 0.1) is 13.2 Å². The minimum atomic E-state index is -0.545. The Morgan fingerprint density at radius 2 is 2.12 bits per heavy atom. The Balaban J connectivity index is 0.00000256. The van der Waals surface area contributed by atoms with Crippen LogP contribution in [0.5, 0.6) is 0 Å². The monoisotopic (exact) mass is 265 g/mol. The van der Waals surface area contributed by atoms with Crippen LogP contribution in [0.1, 0.15) is 20.8 Å². The molecule has 0 aromatic heterocycles. The molecule has 0 radical (unpaired) electrons. The number of hydrogen-bond acceptors (Lipinski definition) is 4. The van der Waals surface area contributed by atoms with Crippen LogP contribution in [-0.2, 0) is 9.47 Å². The molecule has 0 aromatic rings. The molecule has 6 nitrogen and oxygen atoms in total. The largest absolute Gasteiger partial charge is 0.444 e. The lowest BCUT2D eigenvalue weighted by Gasteiger charge is -2.35. The standard InChI is InChI=1S/C10H19N3O3.ClH/c1-10(2,3)16-9(14)13-4-5-15-6-7(13)8(11)12;/h7H,4-6H2,1-3H3,(H3,11,12);1H. The minimum absolute atomic E-state index is 0. The van der Waals surface area contributed by atoms with E-state index in [0.29, 0.717) is 13.2 Å². The second-order valence-electron chi connectivity index (χ2n) is 4.72. The zero-order valence-corrected chi connectivity index (χ0v) is 11.2. The summed E-state index contributed by atoms with van der Waals surface area (Å²) >= 11 is 0. The first-order chi connectivity index (χ1) is 7.31. The average Bonchev–Trinajstić information content (AvgIpc) is 2.15. The first-order valence-corrected chi connectivity index (χ1v) is 5.22. The van der Waals surface area contributed by atoms with E-state index >= 15 is 0 Å².